The van der Waals surface area contributed by atoms with Crippen LogP contribution in [0.5, 0.6) is 5.75 Å². The third-order valence-corrected chi connectivity index (χ3v) is 2.18. The van der Waals surface area contributed by atoms with Crippen LogP contribution in [0.15, 0.2) is 18.2 Å². The van der Waals surface area contributed by atoms with Gasteiger partial charge in [-0.2, -0.15) is 0 Å². The van der Waals surface area contributed by atoms with E-state index in [9.17, 15) is 0 Å². The van der Waals surface area contributed by atoms with Gasteiger partial charge in [-0.15, -0.1) is 11.6 Å². The molecule has 0 unspecified atom stereocenters. The van der Waals surface area contributed by atoms with Gasteiger partial charge in [-0.05, 0) is 18.6 Å². The Hall–Kier alpha value is -0.400. The predicted molar refractivity (Wildman–Crippen MR) is 52.4 cm³/mol. The Labute approximate surface area is 82.2 Å². The standard InChI is InChI=1S/C9H10Cl2O/c1-12-9-4-2-3-8(11)7(9)5-6-10/h2-4H,5-6H2,1H3. The van der Waals surface area contributed by atoms with Crippen molar-refractivity contribution >= 4 is 23.2 Å². The maximum Gasteiger partial charge on any atom is 0.123 e. The van der Waals surface area contributed by atoms with E-state index in [0.717, 1.165) is 22.8 Å². The van der Waals surface area contributed by atoms with E-state index >= 15 is 0 Å². The summed E-state index contributed by atoms with van der Waals surface area (Å²) in [6.07, 6.45) is 0.740. The first-order valence-electron chi connectivity index (χ1n) is 3.67. The summed E-state index contributed by atoms with van der Waals surface area (Å²) in [5.41, 5.74) is 0.983. The van der Waals surface area contributed by atoms with Crippen LogP contribution in [0.3, 0.4) is 0 Å². The average molecular weight is 205 g/mol. The highest BCUT2D eigenvalue weighted by molar-refractivity contribution is 6.31. The first-order valence-corrected chi connectivity index (χ1v) is 4.58. The quantitative estimate of drug-likeness (QED) is 0.688. The number of ether oxygens (including phenoxy) is 1. The molecular weight excluding hydrogens is 195 g/mol. The van der Waals surface area contributed by atoms with E-state index in [-0.39, 0.29) is 0 Å². The van der Waals surface area contributed by atoms with Crippen LogP contribution < -0.4 is 4.74 Å². The van der Waals surface area contributed by atoms with Gasteiger partial charge in [0.15, 0.2) is 0 Å². The molecule has 1 aromatic carbocycles. The molecule has 0 heterocycles. The molecule has 0 atom stereocenters. The minimum atomic E-state index is 0.556. The number of hydrogen-bond donors (Lipinski definition) is 0. The summed E-state index contributed by atoms with van der Waals surface area (Å²) in [7, 11) is 1.63. The Balaban J connectivity index is 3.02. The second-order valence-corrected chi connectivity index (χ2v) is 3.14. The smallest absolute Gasteiger partial charge is 0.123 e. The largest absolute Gasteiger partial charge is 0.496 e. The van der Waals surface area contributed by atoms with Gasteiger partial charge in [0.2, 0.25) is 0 Å². The van der Waals surface area contributed by atoms with Crippen LogP contribution in [0, 0.1) is 0 Å². The van der Waals surface area contributed by atoms with Gasteiger partial charge < -0.3 is 4.74 Å². The van der Waals surface area contributed by atoms with Gasteiger partial charge in [-0.1, -0.05) is 17.7 Å². The van der Waals surface area contributed by atoms with Gasteiger partial charge in [0, 0.05) is 16.5 Å². The summed E-state index contributed by atoms with van der Waals surface area (Å²) in [6, 6.07) is 5.58. The molecule has 0 aliphatic rings. The number of alkyl halides is 1. The first kappa shape index (κ1) is 9.69. The van der Waals surface area contributed by atoms with Crippen molar-refractivity contribution in [2.24, 2.45) is 0 Å². The van der Waals surface area contributed by atoms with Gasteiger partial charge >= 0.3 is 0 Å². The molecule has 0 aliphatic heterocycles. The van der Waals surface area contributed by atoms with Crippen molar-refractivity contribution < 1.29 is 4.74 Å². The van der Waals surface area contributed by atoms with Crippen LogP contribution in [0.25, 0.3) is 0 Å². The number of hydrogen-bond acceptors (Lipinski definition) is 1. The fraction of sp³-hybridized carbons (Fsp3) is 0.333. The number of methoxy groups -OCH3 is 1. The minimum Gasteiger partial charge on any atom is -0.496 e. The van der Waals surface area contributed by atoms with Gasteiger partial charge in [-0.3, -0.25) is 0 Å². The Bertz CT molecular complexity index is 261. The van der Waals surface area contributed by atoms with Crippen molar-refractivity contribution in [3.8, 4) is 5.75 Å². The van der Waals surface area contributed by atoms with Crippen LogP contribution in [0.1, 0.15) is 5.56 Å². The van der Waals surface area contributed by atoms with Crippen LogP contribution in [0.4, 0.5) is 0 Å². The zero-order chi connectivity index (χ0) is 8.97. The predicted octanol–water partition coefficient (Wildman–Crippen LogP) is 3.13. The van der Waals surface area contributed by atoms with E-state index < -0.39 is 0 Å². The Morgan fingerprint density at radius 2 is 2.17 bits per heavy atom. The molecule has 0 aliphatic carbocycles. The first-order chi connectivity index (χ1) is 5.79. The lowest BCUT2D eigenvalue weighted by Crippen LogP contribution is -1.93. The molecule has 12 heavy (non-hydrogen) atoms. The summed E-state index contributed by atoms with van der Waals surface area (Å²) in [5.74, 6) is 1.36. The molecule has 0 spiro atoms. The maximum atomic E-state index is 5.95. The molecule has 1 nitrogen and oxygen atoms in total. The van der Waals surface area contributed by atoms with E-state index in [1.165, 1.54) is 0 Å². The summed E-state index contributed by atoms with van der Waals surface area (Å²) >= 11 is 11.6. The van der Waals surface area contributed by atoms with Crippen LogP contribution in [-0.2, 0) is 6.42 Å². The monoisotopic (exact) mass is 204 g/mol. The highest BCUT2D eigenvalue weighted by Crippen LogP contribution is 2.26. The molecular formula is C9H10Cl2O. The van der Waals surface area contributed by atoms with Crippen LogP contribution >= 0.6 is 23.2 Å². The molecule has 0 aromatic heterocycles. The zero-order valence-electron chi connectivity index (χ0n) is 6.81. The van der Waals surface area contributed by atoms with Crippen molar-refractivity contribution in [2.75, 3.05) is 13.0 Å². The molecule has 0 fully saturated rings. The molecule has 0 amide bonds. The van der Waals surface area contributed by atoms with E-state index in [2.05, 4.69) is 0 Å². The van der Waals surface area contributed by atoms with Crippen molar-refractivity contribution in [1.29, 1.82) is 0 Å². The van der Waals surface area contributed by atoms with Gasteiger partial charge in [0.25, 0.3) is 0 Å². The Morgan fingerprint density at radius 1 is 1.42 bits per heavy atom. The van der Waals surface area contributed by atoms with Crippen molar-refractivity contribution in [2.45, 2.75) is 6.42 Å². The molecule has 66 valence electrons. The maximum absolute atomic E-state index is 5.95. The van der Waals surface area contributed by atoms with Gasteiger partial charge in [0.1, 0.15) is 5.75 Å². The molecule has 0 bridgehead atoms. The highest BCUT2D eigenvalue weighted by Gasteiger charge is 2.05. The zero-order valence-corrected chi connectivity index (χ0v) is 8.32. The van der Waals surface area contributed by atoms with E-state index in [0.29, 0.717) is 5.88 Å². The third kappa shape index (κ3) is 2.05. The van der Waals surface area contributed by atoms with Crippen LogP contribution in [-0.4, -0.2) is 13.0 Å². The van der Waals surface area contributed by atoms with Crippen molar-refractivity contribution in [1.82, 2.24) is 0 Å². The van der Waals surface area contributed by atoms with Gasteiger partial charge in [0.05, 0.1) is 7.11 Å². The lowest BCUT2D eigenvalue weighted by Gasteiger charge is -2.07. The summed E-state index contributed by atoms with van der Waals surface area (Å²) < 4.78 is 5.14. The second-order valence-electron chi connectivity index (χ2n) is 2.36. The average Bonchev–Trinajstić information content (AvgIpc) is 2.09. The van der Waals surface area contributed by atoms with Crippen LogP contribution in [0.2, 0.25) is 5.02 Å². The van der Waals surface area contributed by atoms with E-state index in [4.69, 9.17) is 27.9 Å². The van der Waals surface area contributed by atoms with Gasteiger partial charge in [-0.25, -0.2) is 0 Å². The van der Waals surface area contributed by atoms with E-state index in [1.807, 2.05) is 18.2 Å². The molecule has 1 rings (SSSR count). The number of benzene rings is 1. The van der Waals surface area contributed by atoms with E-state index in [1.54, 1.807) is 7.11 Å². The Morgan fingerprint density at radius 3 is 2.75 bits per heavy atom. The minimum absolute atomic E-state index is 0.556. The fourth-order valence-electron chi connectivity index (χ4n) is 1.07. The lowest BCUT2D eigenvalue weighted by atomic mass is 10.1. The molecule has 3 heteroatoms. The topological polar surface area (TPSA) is 9.23 Å². The number of halogens is 2. The molecule has 0 N–H and O–H groups in total. The molecule has 0 saturated heterocycles. The third-order valence-electron chi connectivity index (χ3n) is 1.64. The lowest BCUT2D eigenvalue weighted by molar-refractivity contribution is 0.410. The molecule has 1 aromatic rings. The molecule has 0 saturated carbocycles. The Kier molecular flexibility index (Phi) is 3.70. The summed E-state index contributed by atoms with van der Waals surface area (Å²) in [6.45, 7) is 0. The normalized spacial score (nSPS) is 9.92. The van der Waals surface area contributed by atoms with Crippen molar-refractivity contribution in [3.63, 3.8) is 0 Å². The fourth-order valence-corrected chi connectivity index (χ4v) is 1.52. The highest BCUT2D eigenvalue weighted by atomic mass is 35.5. The summed E-state index contributed by atoms with van der Waals surface area (Å²) in [4.78, 5) is 0. The SMILES string of the molecule is COc1cccc(Cl)c1CCCl. The van der Waals surface area contributed by atoms with Crippen molar-refractivity contribution in [3.05, 3.63) is 28.8 Å². The number of rotatable bonds is 3. The summed E-state index contributed by atoms with van der Waals surface area (Å²) in [5, 5.41) is 0.718. The second kappa shape index (κ2) is 4.58. The molecule has 0 radical (unpaired) electrons.